The van der Waals surface area contributed by atoms with E-state index in [0.29, 0.717) is 18.9 Å². The quantitative estimate of drug-likeness (QED) is 0.575. The molecule has 0 saturated carbocycles. The highest BCUT2D eigenvalue weighted by Crippen LogP contribution is 2.34. The second-order valence-electron chi connectivity index (χ2n) is 6.30. The number of aromatic nitrogens is 3. The number of H-pyrrole nitrogens is 1. The van der Waals surface area contributed by atoms with Crippen LogP contribution in [0, 0.1) is 10.1 Å². The summed E-state index contributed by atoms with van der Waals surface area (Å²) in [6.45, 7) is 1.30. The standard InChI is InChI=1S/C18H19N5O3/c1-21-11-20-17(23(24)25)18(21)22-7-5-12(6-8-22)15-10-19-16-4-3-13(26-2)9-14(15)16/h3-5,9-11,19H,6-8H2,1-2H3. The number of nitrogens with one attached hydrogen (secondary N) is 1. The minimum absolute atomic E-state index is 0.0961. The predicted octanol–water partition coefficient (Wildman–Crippen LogP) is 3.11. The van der Waals surface area contributed by atoms with Gasteiger partial charge in [0, 0.05) is 42.8 Å². The van der Waals surface area contributed by atoms with Crippen LogP contribution in [0.1, 0.15) is 12.0 Å². The number of nitrogens with zero attached hydrogens (tertiary/aromatic N) is 4. The van der Waals surface area contributed by atoms with Gasteiger partial charge in [-0.05, 0) is 40.1 Å². The number of benzene rings is 1. The molecule has 3 aromatic rings. The van der Waals surface area contributed by atoms with E-state index in [1.807, 2.05) is 29.3 Å². The zero-order valence-corrected chi connectivity index (χ0v) is 14.6. The Kier molecular flexibility index (Phi) is 3.87. The smallest absolute Gasteiger partial charge is 0.406 e. The number of nitro groups is 1. The number of aromatic amines is 1. The van der Waals surface area contributed by atoms with E-state index in [0.717, 1.165) is 28.6 Å². The molecule has 0 radical (unpaired) electrons. The second kappa shape index (κ2) is 6.21. The Morgan fingerprint density at radius 2 is 2.23 bits per heavy atom. The molecule has 8 nitrogen and oxygen atoms in total. The van der Waals surface area contributed by atoms with Gasteiger partial charge in [0.1, 0.15) is 5.75 Å². The average Bonchev–Trinajstić information content (AvgIpc) is 3.25. The molecule has 3 heterocycles. The van der Waals surface area contributed by atoms with Gasteiger partial charge in [0.2, 0.25) is 12.1 Å². The Labute approximate surface area is 149 Å². The van der Waals surface area contributed by atoms with Crippen LogP contribution in [0.3, 0.4) is 0 Å². The molecule has 26 heavy (non-hydrogen) atoms. The van der Waals surface area contributed by atoms with E-state index < -0.39 is 4.92 Å². The van der Waals surface area contributed by atoms with Crippen molar-refractivity contribution in [1.82, 2.24) is 14.5 Å². The van der Waals surface area contributed by atoms with Crippen molar-refractivity contribution in [2.75, 3.05) is 25.1 Å². The van der Waals surface area contributed by atoms with Crippen molar-refractivity contribution in [3.8, 4) is 5.75 Å². The molecule has 0 amide bonds. The topological polar surface area (TPSA) is 89.2 Å². The number of rotatable bonds is 4. The fraction of sp³-hybridized carbons (Fsp3) is 0.278. The van der Waals surface area contributed by atoms with Gasteiger partial charge in [0.25, 0.3) is 0 Å². The minimum Gasteiger partial charge on any atom is -0.497 e. The van der Waals surface area contributed by atoms with Crippen LogP contribution in [0.2, 0.25) is 0 Å². The van der Waals surface area contributed by atoms with Crippen molar-refractivity contribution < 1.29 is 9.66 Å². The Balaban J connectivity index is 1.65. The van der Waals surface area contributed by atoms with Gasteiger partial charge in [-0.3, -0.25) is 4.57 Å². The molecule has 0 spiro atoms. The van der Waals surface area contributed by atoms with Crippen LogP contribution in [0.25, 0.3) is 16.5 Å². The van der Waals surface area contributed by atoms with Gasteiger partial charge in [0.05, 0.1) is 7.11 Å². The summed E-state index contributed by atoms with van der Waals surface area (Å²) >= 11 is 0. The average molecular weight is 353 g/mol. The van der Waals surface area contributed by atoms with Gasteiger partial charge in [-0.25, -0.2) is 0 Å². The van der Waals surface area contributed by atoms with Crippen LogP contribution in [-0.4, -0.2) is 39.7 Å². The molecule has 0 atom stereocenters. The lowest BCUT2D eigenvalue weighted by atomic mass is 9.99. The molecule has 0 saturated heterocycles. The number of hydrogen-bond acceptors (Lipinski definition) is 5. The Morgan fingerprint density at radius 1 is 1.38 bits per heavy atom. The maximum absolute atomic E-state index is 11.2. The molecule has 2 aromatic heterocycles. The molecule has 1 N–H and O–H groups in total. The van der Waals surface area contributed by atoms with Crippen LogP contribution >= 0.6 is 0 Å². The van der Waals surface area contributed by atoms with E-state index in [-0.39, 0.29) is 5.82 Å². The monoisotopic (exact) mass is 353 g/mol. The molecule has 8 heteroatoms. The minimum atomic E-state index is -0.430. The van der Waals surface area contributed by atoms with Crippen LogP contribution in [0.15, 0.2) is 36.8 Å². The molecule has 0 fully saturated rings. The number of fused-ring (bicyclic) bond motifs is 1. The lowest BCUT2D eigenvalue weighted by Crippen LogP contribution is -2.30. The number of ether oxygens (including phenoxy) is 1. The predicted molar refractivity (Wildman–Crippen MR) is 99.5 cm³/mol. The van der Waals surface area contributed by atoms with Crippen molar-refractivity contribution in [3.05, 3.63) is 52.5 Å². The van der Waals surface area contributed by atoms with E-state index in [4.69, 9.17) is 4.74 Å². The van der Waals surface area contributed by atoms with Gasteiger partial charge < -0.3 is 24.7 Å². The fourth-order valence-electron chi connectivity index (χ4n) is 3.50. The fourth-order valence-corrected chi connectivity index (χ4v) is 3.50. The summed E-state index contributed by atoms with van der Waals surface area (Å²) in [5, 5.41) is 12.3. The molecule has 4 rings (SSSR count). The summed E-state index contributed by atoms with van der Waals surface area (Å²) in [6.07, 6.45) is 6.42. The van der Waals surface area contributed by atoms with Crippen LogP contribution in [0.4, 0.5) is 11.6 Å². The summed E-state index contributed by atoms with van der Waals surface area (Å²) in [7, 11) is 3.44. The van der Waals surface area contributed by atoms with Crippen molar-refractivity contribution in [1.29, 1.82) is 0 Å². The summed E-state index contributed by atoms with van der Waals surface area (Å²) < 4.78 is 7.04. The first-order valence-electron chi connectivity index (χ1n) is 8.33. The zero-order valence-electron chi connectivity index (χ0n) is 14.6. The lowest BCUT2D eigenvalue weighted by Gasteiger charge is -2.27. The van der Waals surface area contributed by atoms with Crippen LogP contribution in [-0.2, 0) is 7.05 Å². The molecular formula is C18H19N5O3. The highest BCUT2D eigenvalue weighted by Gasteiger charge is 2.27. The number of aryl methyl sites for hydroxylation is 1. The third-order valence-corrected chi connectivity index (χ3v) is 4.80. The van der Waals surface area contributed by atoms with Crippen LogP contribution in [0.5, 0.6) is 5.75 Å². The molecule has 134 valence electrons. The van der Waals surface area contributed by atoms with Crippen molar-refractivity contribution in [2.24, 2.45) is 7.05 Å². The third-order valence-electron chi connectivity index (χ3n) is 4.80. The summed E-state index contributed by atoms with van der Waals surface area (Å²) in [6, 6.07) is 5.97. The summed E-state index contributed by atoms with van der Waals surface area (Å²) in [4.78, 5) is 20.0. The van der Waals surface area contributed by atoms with Crippen molar-refractivity contribution in [3.63, 3.8) is 0 Å². The first kappa shape index (κ1) is 16.2. The van der Waals surface area contributed by atoms with Gasteiger partial charge in [-0.1, -0.05) is 6.08 Å². The van der Waals surface area contributed by atoms with E-state index in [2.05, 4.69) is 16.0 Å². The Morgan fingerprint density at radius 3 is 2.92 bits per heavy atom. The highest BCUT2D eigenvalue weighted by atomic mass is 16.6. The first-order valence-corrected chi connectivity index (χ1v) is 8.33. The highest BCUT2D eigenvalue weighted by molar-refractivity contribution is 5.94. The van der Waals surface area contributed by atoms with Crippen LogP contribution < -0.4 is 9.64 Å². The number of anilines is 1. The molecule has 0 aliphatic carbocycles. The number of hydrogen-bond donors (Lipinski definition) is 1. The van der Waals surface area contributed by atoms with Gasteiger partial charge in [-0.2, -0.15) is 0 Å². The zero-order chi connectivity index (χ0) is 18.3. The summed E-state index contributed by atoms with van der Waals surface area (Å²) in [5.74, 6) is 1.27. The largest absolute Gasteiger partial charge is 0.497 e. The molecule has 1 aliphatic rings. The number of imidazole rings is 1. The second-order valence-corrected chi connectivity index (χ2v) is 6.30. The molecule has 0 unspecified atom stereocenters. The molecule has 1 aliphatic heterocycles. The molecule has 0 bridgehead atoms. The van der Waals surface area contributed by atoms with Gasteiger partial charge in [0.15, 0.2) is 0 Å². The Hall–Kier alpha value is -3.29. The third kappa shape index (κ3) is 2.59. The van der Waals surface area contributed by atoms with E-state index in [1.165, 1.54) is 11.9 Å². The molecule has 1 aromatic carbocycles. The van der Waals surface area contributed by atoms with E-state index in [1.54, 1.807) is 18.7 Å². The Bertz CT molecular complexity index is 1020. The van der Waals surface area contributed by atoms with Crippen molar-refractivity contribution in [2.45, 2.75) is 6.42 Å². The SMILES string of the molecule is COc1ccc2[nH]cc(C3=CCN(c4c([N+](=O)[O-])ncn4C)CC3)c2c1. The number of methoxy groups -OCH3 is 1. The van der Waals surface area contributed by atoms with Gasteiger partial charge in [-0.15, -0.1) is 0 Å². The molecular weight excluding hydrogens is 334 g/mol. The van der Waals surface area contributed by atoms with Crippen molar-refractivity contribution >= 4 is 28.1 Å². The van der Waals surface area contributed by atoms with E-state index in [9.17, 15) is 10.1 Å². The maximum Gasteiger partial charge on any atom is 0.406 e. The lowest BCUT2D eigenvalue weighted by molar-refractivity contribution is -0.388. The maximum atomic E-state index is 11.2. The van der Waals surface area contributed by atoms with E-state index >= 15 is 0 Å². The summed E-state index contributed by atoms with van der Waals surface area (Å²) in [5.41, 5.74) is 3.44. The van der Waals surface area contributed by atoms with Gasteiger partial charge >= 0.3 is 5.82 Å². The normalized spacial score (nSPS) is 14.5. The first-order chi connectivity index (χ1) is 12.6.